The molecule has 12 heteroatoms. The Hall–Kier alpha value is -3.64. The first-order valence-electron chi connectivity index (χ1n) is 10.9. The minimum atomic E-state index is -3.72. The molecule has 1 aromatic carbocycles. The van der Waals surface area contributed by atoms with Crippen molar-refractivity contribution < 1.29 is 18.0 Å². The van der Waals surface area contributed by atoms with Crippen molar-refractivity contribution in [3.63, 3.8) is 0 Å². The van der Waals surface area contributed by atoms with Gasteiger partial charge in [0.05, 0.1) is 10.6 Å². The second kappa shape index (κ2) is 8.61. The molecule has 11 nitrogen and oxygen atoms in total. The molecule has 4 heterocycles. The van der Waals surface area contributed by atoms with E-state index in [0.29, 0.717) is 43.5 Å². The Labute approximate surface area is 196 Å². The molecule has 0 radical (unpaired) electrons. The summed E-state index contributed by atoms with van der Waals surface area (Å²) in [6.45, 7) is 3.36. The summed E-state index contributed by atoms with van der Waals surface area (Å²) in [4.78, 5) is 36.1. The molecule has 0 aliphatic carbocycles. The van der Waals surface area contributed by atoms with Crippen molar-refractivity contribution in [2.45, 2.75) is 24.7 Å². The summed E-state index contributed by atoms with van der Waals surface area (Å²) in [6, 6.07) is 9.55. The third-order valence-electron chi connectivity index (χ3n) is 5.90. The molecule has 0 atom stereocenters. The van der Waals surface area contributed by atoms with E-state index in [1.165, 1.54) is 28.6 Å². The van der Waals surface area contributed by atoms with Gasteiger partial charge < -0.3 is 4.90 Å². The quantitative estimate of drug-likeness (QED) is 0.497. The molecule has 176 valence electrons. The van der Waals surface area contributed by atoms with Crippen molar-refractivity contribution in [1.29, 1.82) is 0 Å². The Morgan fingerprint density at radius 3 is 2.15 bits per heavy atom. The molecule has 0 bridgehead atoms. The van der Waals surface area contributed by atoms with Crippen molar-refractivity contribution >= 4 is 33.3 Å². The van der Waals surface area contributed by atoms with Crippen LogP contribution in [0.25, 0.3) is 5.82 Å². The van der Waals surface area contributed by atoms with E-state index < -0.39 is 10.0 Å². The lowest BCUT2D eigenvalue weighted by Crippen LogP contribution is -2.49. The zero-order valence-corrected chi connectivity index (χ0v) is 19.3. The fourth-order valence-corrected chi connectivity index (χ4v) is 5.58. The topological polar surface area (TPSA) is 122 Å². The average molecular weight is 482 g/mol. The van der Waals surface area contributed by atoms with E-state index in [-0.39, 0.29) is 29.6 Å². The number of benzene rings is 1. The minimum absolute atomic E-state index is 0.127. The number of carbonyl (C=O) groups excluding carboxylic acids is 2. The summed E-state index contributed by atoms with van der Waals surface area (Å²) in [6.07, 6.45) is 3.84. The van der Waals surface area contributed by atoms with Crippen LogP contribution in [0.15, 0.2) is 53.7 Å². The van der Waals surface area contributed by atoms with E-state index in [1.54, 1.807) is 17.1 Å². The van der Waals surface area contributed by atoms with Gasteiger partial charge in [-0.25, -0.2) is 23.1 Å². The van der Waals surface area contributed by atoms with Gasteiger partial charge in [0.2, 0.25) is 21.8 Å². The number of anilines is 2. The number of sulfonamides is 1. The highest BCUT2D eigenvalue weighted by Gasteiger charge is 2.32. The van der Waals surface area contributed by atoms with Crippen LogP contribution in [0.2, 0.25) is 0 Å². The van der Waals surface area contributed by atoms with Crippen molar-refractivity contribution in [2.75, 3.05) is 36.0 Å². The molecule has 2 aliphatic heterocycles. The predicted molar refractivity (Wildman–Crippen MR) is 123 cm³/mol. The number of carbonyl (C=O) groups is 2. The minimum Gasteiger partial charge on any atom is -0.354 e. The molecule has 0 saturated carbocycles. The zero-order chi connectivity index (χ0) is 23.9. The van der Waals surface area contributed by atoms with Crippen molar-refractivity contribution in [3.05, 3.63) is 54.6 Å². The molecular formula is C22H23N7O4S. The van der Waals surface area contributed by atoms with Crippen LogP contribution in [-0.2, 0) is 19.6 Å². The second-order valence-electron chi connectivity index (χ2n) is 8.09. The maximum Gasteiger partial charge on any atom is 0.243 e. The number of amides is 2. The molecule has 2 amide bonds. The van der Waals surface area contributed by atoms with Gasteiger partial charge in [0.15, 0.2) is 5.82 Å². The number of piperazine rings is 1. The Kier molecular flexibility index (Phi) is 5.62. The van der Waals surface area contributed by atoms with Crippen LogP contribution in [0, 0.1) is 6.92 Å². The standard InChI is InChI=1S/C22H23N7O4S/c1-16-24-19(15-20(25-16)28-10-2-9-23-28)26-11-13-27(14-12-26)34(32,33)18-5-3-17(4-6-18)29-21(30)7-8-22(29)31/h2-6,9-10,15H,7-8,11-14H2,1H3. The lowest BCUT2D eigenvalue weighted by Gasteiger charge is -2.34. The van der Waals surface area contributed by atoms with Crippen LogP contribution in [0.5, 0.6) is 0 Å². The Bertz CT molecular complexity index is 1320. The first-order valence-corrected chi connectivity index (χ1v) is 12.3. The normalized spacial score (nSPS) is 17.6. The smallest absolute Gasteiger partial charge is 0.243 e. The monoisotopic (exact) mass is 481 g/mol. The van der Waals surface area contributed by atoms with Crippen LogP contribution < -0.4 is 9.80 Å². The van der Waals surface area contributed by atoms with E-state index >= 15 is 0 Å². The molecule has 3 aromatic rings. The molecule has 2 aliphatic rings. The summed E-state index contributed by atoms with van der Waals surface area (Å²) in [5, 5.41) is 4.21. The third kappa shape index (κ3) is 4.05. The number of aromatic nitrogens is 4. The van der Waals surface area contributed by atoms with E-state index in [0.717, 1.165) is 10.7 Å². The van der Waals surface area contributed by atoms with Crippen molar-refractivity contribution in [1.82, 2.24) is 24.1 Å². The maximum absolute atomic E-state index is 13.2. The largest absolute Gasteiger partial charge is 0.354 e. The van der Waals surface area contributed by atoms with Crippen molar-refractivity contribution in [3.8, 4) is 5.82 Å². The summed E-state index contributed by atoms with van der Waals surface area (Å²) < 4.78 is 29.5. The number of imide groups is 1. The van der Waals surface area contributed by atoms with Gasteiger partial charge in [-0.05, 0) is 37.3 Å². The molecule has 2 aromatic heterocycles. The Balaban J connectivity index is 1.29. The lowest BCUT2D eigenvalue weighted by molar-refractivity contribution is -0.121. The Morgan fingerprint density at radius 1 is 0.882 bits per heavy atom. The van der Waals surface area contributed by atoms with E-state index in [4.69, 9.17) is 0 Å². The van der Waals surface area contributed by atoms with Gasteiger partial charge in [-0.2, -0.15) is 9.40 Å². The predicted octanol–water partition coefficient (Wildman–Crippen LogP) is 1.14. The van der Waals surface area contributed by atoms with Gasteiger partial charge in [0.1, 0.15) is 11.6 Å². The number of hydrogen-bond acceptors (Lipinski definition) is 8. The van der Waals surface area contributed by atoms with Gasteiger partial charge in [-0.1, -0.05) is 0 Å². The van der Waals surface area contributed by atoms with Crippen LogP contribution in [-0.4, -0.2) is 70.5 Å². The molecule has 0 N–H and O–H groups in total. The first-order chi connectivity index (χ1) is 16.3. The highest BCUT2D eigenvalue weighted by atomic mass is 32.2. The summed E-state index contributed by atoms with van der Waals surface area (Å²) in [7, 11) is -3.72. The first kappa shape index (κ1) is 22.2. The zero-order valence-electron chi connectivity index (χ0n) is 18.5. The SMILES string of the molecule is Cc1nc(N2CCN(S(=O)(=O)c3ccc(N4C(=O)CCC4=O)cc3)CC2)cc(-n2cccn2)n1. The van der Waals surface area contributed by atoms with Gasteiger partial charge >= 0.3 is 0 Å². The van der Waals surface area contributed by atoms with Gasteiger partial charge in [0.25, 0.3) is 0 Å². The molecule has 0 unspecified atom stereocenters. The fourth-order valence-electron chi connectivity index (χ4n) is 4.16. The molecule has 2 fully saturated rings. The van der Waals surface area contributed by atoms with Crippen LogP contribution in [0.1, 0.15) is 18.7 Å². The highest BCUT2D eigenvalue weighted by molar-refractivity contribution is 7.89. The van der Waals surface area contributed by atoms with Crippen LogP contribution in [0.4, 0.5) is 11.5 Å². The maximum atomic E-state index is 13.2. The fraction of sp³-hybridized carbons (Fsp3) is 0.318. The number of hydrogen-bond donors (Lipinski definition) is 0. The summed E-state index contributed by atoms with van der Waals surface area (Å²) in [5.41, 5.74) is 0.392. The second-order valence-corrected chi connectivity index (χ2v) is 10.0. The molecule has 0 spiro atoms. The molecular weight excluding hydrogens is 458 g/mol. The van der Waals surface area contributed by atoms with Crippen molar-refractivity contribution in [2.24, 2.45) is 0 Å². The molecule has 2 saturated heterocycles. The number of rotatable bonds is 5. The molecule has 5 rings (SSSR count). The number of nitrogens with zero attached hydrogens (tertiary/aromatic N) is 7. The Morgan fingerprint density at radius 2 is 1.53 bits per heavy atom. The summed E-state index contributed by atoms with van der Waals surface area (Å²) >= 11 is 0. The summed E-state index contributed by atoms with van der Waals surface area (Å²) in [5.74, 6) is 1.44. The number of aryl methyl sites for hydroxylation is 1. The lowest BCUT2D eigenvalue weighted by atomic mass is 10.3. The third-order valence-corrected chi connectivity index (χ3v) is 7.81. The van der Waals surface area contributed by atoms with Crippen LogP contribution >= 0.6 is 0 Å². The van der Waals surface area contributed by atoms with E-state index in [1.807, 2.05) is 24.0 Å². The van der Waals surface area contributed by atoms with Gasteiger partial charge in [0, 0.05) is 57.5 Å². The van der Waals surface area contributed by atoms with Gasteiger partial charge in [-0.15, -0.1) is 0 Å². The highest BCUT2D eigenvalue weighted by Crippen LogP contribution is 2.26. The average Bonchev–Trinajstić information content (AvgIpc) is 3.49. The van der Waals surface area contributed by atoms with E-state index in [9.17, 15) is 18.0 Å². The van der Waals surface area contributed by atoms with Gasteiger partial charge in [-0.3, -0.25) is 14.5 Å². The van der Waals surface area contributed by atoms with Crippen LogP contribution in [0.3, 0.4) is 0 Å². The molecule has 34 heavy (non-hydrogen) atoms. The van der Waals surface area contributed by atoms with E-state index in [2.05, 4.69) is 15.1 Å².